The number of hydrogen-bond donors (Lipinski definition) is 3. The molecule has 1 heterocycles. The van der Waals surface area contributed by atoms with Crippen LogP contribution in [0, 0.1) is 11.3 Å². The minimum atomic E-state index is -3.63. The van der Waals surface area contributed by atoms with Gasteiger partial charge >= 0.3 is 0 Å². The molecule has 1 saturated heterocycles. The van der Waals surface area contributed by atoms with Gasteiger partial charge in [0, 0.05) is 52.3 Å². The number of rotatable bonds is 11. The quantitative estimate of drug-likeness (QED) is 0.294. The van der Waals surface area contributed by atoms with Crippen LogP contribution in [0.15, 0.2) is 72.8 Å². The summed E-state index contributed by atoms with van der Waals surface area (Å²) in [6, 6.07) is 21.8. The standard InChI is InChI=1S/C29H31Cl2N3O4S/c30-24-8-4-21(5-9-24)27(22-6-10-25(31)11-7-22)34-15-20(16-34)17-39(37,38)33-26-3-1-2-23(14-26)28(36)32-18-29(19-35)12-13-29/h1-11,14,20,27,33,35H,12-13,15-19H2,(H,32,36). The Morgan fingerprint density at radius 1 is 0.974 bits per heavy atom. The fourth-order valence-corrected chi connectivity index (χ4v) is 6.68. The number of anilines is 1. The Balaban J connectivity index is 1.20. The summed E-state index contributed by atoms with van der Waals surface area (Å²) >= 11 is 12.2. The molecular weight excluding hydrogens is 557 g/mol. The molecule has 0 aromatic heterocycles. The van der Waals surface area contributed by atoms with Gasteiger partial charge in [-0.1, -0.05) is 53.5 Å². The molecule has 1 aliphatic carbocycles. The monoisotopic (exact) mass is 587 g/mol. The predicted octanol–water partition coefficient (Wildman–Crippen LogP) is 4.96. The van der Waals surface area contributed by atoms with E-state index in [4.69, 9.17) is 23.2 Å². The van der Waals surface area contributed by atoms with Crippen molar-refractivity contribution in [3.8, 4) is 0 Å². The van der Waals surface area contributed by atoms with E-state index in [0.29, 0.717) is 40.9 Å². The number of carbonyl (C=O) groups is 1. The molecule has 7 nitrogen and oxygen atoms in total. The summed E-state index contributed by atoms with van der Waals surface area (Å²) in [4.78, 5) is 14.8. The van der Waals surface area contributed by atoms with E-state index in [0.717, 1.165) is 24.0 Å². The molecule has 0 atom stereocenters. The summed E-state index contributed by atoms with van der Waals surface area (Å²) < 4.78 is 28.6. The molecule has 1 aliphatic heterocycles. The van der Waals surface area contributed by atoms with Crippen LogP contribution in [-0.2, 0) is 10.0 Å². The molecule has 3 aromatic carbocycles. The summed E-state index contributed by atoms with van der Waals surface area (Å²) in [5, 5.41) is 13.6. The van der Waals surface area contributed by atoms with E-state index < -0.39 is 10.0 Å². The molecule has 0 radical (unpaired) electrons. The largest absolute Gasteiger partial charge is 0.396 e. The van der Waals surface area contributed by atoms with E-state index in [1.54, 1.807) is 18.2 Å². The highest BCUT2D eigenvalue weighted by molar-refractivity contribution is 7.92. The minimum Gasteiger partial charge on any atom is -0.396 e. The topological polar surface area (TPSA) is 98.7 Å². The second-order valence-electron chi connectivity index (χ2n) is 10.6. The van der Waals surface area contributed by atoms with Gasteiger partial charge in [-0.3, -0.25) is 14.4 Å². The van der Waals surface area contributed by atoms with Crippen molar-refractivity contribution in [2.45, 2.75) is 18.9 Å². The number of carbonyl (C=O) groups excluding carboxylic acids is 1. The molecule has 3 N–H and O–H groups in total. The molecule has 39 heavy (non-hydrogen) atoms. The number of halogens is 2. The molecule has 10 heteroatoms. The Morgan fingerprint density at radius 2 is 1.56 bits per heavy atom. The highest BCUT2D eigenvalue weighted by Gasteiger charge is 2.42. The lowest BCUT2D eigenvalue weighted by molar-refractivity contribution is 0.0813. The number of aliphatic hydroxyl groups excluding tert-OH is 1. The zero-order chi connectivity index (χ0) is 27.6. The molecule has 206 valence electrons. The van der Waals surface area contributed by atoms with Crippen molar-refractivity contribution < 1.29 is 18.3 Å². The van der Waals surface area contributed by atoms with Crippen LogP contribution in [0.2, 0.25) is 10.0 Å². The summed E-state index contributed by atoms with van der Waals surface area (Å²) in [5.41, 5.74) is 2.66. The van der Waals surface area contributed by atoms with Gasteiger partial charge < -0.3 is 10.4 Å². The van der Waals surface area contributed by atoms with Gasteiger partial charge in [0.25, 0.3) is 5.91 Å². The van der Waals surface area contributed by atoms with Gasteiger partial charge in [0.05, 0.1) is 18.4 Å². The normalized spacial score (nSPS) is 17.0. The smallest absolute Gasteiger partial charge is 0.251 e. The van der Waals surface area contributed by atoms with Gasteiger partial charge in [-0.15, -0.1) is 0 Å². The zero-order valence-electron chi connectivity index (χ0n) is 21.3. The lowest BCUT2D eigenvalue weighted by Crippen LogP contribution is -2.51. The Labute approximate surface area is 239 Å². The molecule has 2 fully saturated rings. The molecular formula is C29H31Cl2N3O4S. The van der Waals surface area contributed by atoms with Crippen LogP contribution in [0.1, 0.15) is 40.4 Å². The van der Waals surface area contributed by atoms with E-state index >= 15 is 0 Å². The second-order valence-corrected chi connectivity index (χ2v) is 13.3. The van der Waals surface area contributed by atoms with E-state index in [-0.39, 0.29) is 35.6 Å². The number of aliphatic hydroxyl groups is 1. The lowest BCUT2D eigenvalue weighted by atomic mass is 9.91. The third-order valence-corrected chi connectivity index (χ3v) is 9.45. The summed E-state index contributed by atoms with van der Waals surface area (Å²) in [7, 11) is -3.63. The van der Waals surface area contributed by atoms with Gasteiger partial charge in [-0.05, 0) is 66.4 Å². The molecule has 0 unspecified atom stereocenters. The van der Waals surface area contributed by atoms with Crippen LogP contribution in [0.5, 0.6) is 0 Å². The average Bonchev–Trinajstić information content (AvgIpc) is 3.68. The average molecular weight is 589 g/mol. The van der Waals surface area contributed by atoms with Crippen LogP contribution in [0.4, 0.5) is 5.69 Å². The summed E-state index contributed by atoms with van der Waals surface area (Å²) in [6.45, 7) is 1.69. The van der Waals surface area contributed by atoms with Crippen molar-refractivity contribution in [3.05, 3.63) is 99.5 Å². The lowest BCUT2D eigenvalue weighted by Gasteiger charge is -2.44. The number of likely N-dealkylation sites (tertiary alicyclic amines) is 1. The van der Waals surface area contributed by atoms with Crippen LogP contribution < -0.4 is 10.0 Å². The third-order valence-electron chi connectivity index (χ3n) is 7.49. The number of benzene rings is 3. The van der Waals surface area contributed by atoms with E-state index in [1.807, 2.05) is 48.5 Å². The second kappa shape index (κ2) is 11.5. The van der Waals surface area contributed by atoms with Crippen LogP contribution in [0.25, 0.3) is 0 Å². The van der Waals surface area contributed by atoms with Crippen molar-refractivity contribution in [1.29, 1.82) is 0 Å². The van der Waals surface area contributed by atoms with Crippen molar-refractivity contribution >= 4 is 44.8 Å². The Morgan fingerprint density at radius 3 is 2.10 bits per heavy atom. The third kappa shape index (κ3) is 6.94. The van der Waals surface area contributed by atoms with Crippen LogP contribution >= 0.6 is 23.2 Å². The molecule has 1 amide bonds. The highest BCUT2D eigenvalue weighted by atomic mass is 35.5. The van der Waals surface area contributed by atoms with Crippen LogP contribution in [0.3, 0.4) is 0 Å². The number of amides is 1. The SMILES string of the molecule is O=C(NCC1(CO)CC1)c1cccc(NS(=O)(=O)CC2CN(C(c3ccc(Cl)cc3)c3ccc(Cl)cc3)C2)c1. The first-order valence-corrected chi connectivity index (χ1v) is 15.3. The van der Waals surface area contributed by atoms with E-state index in [1.165, 1.54) is 6.07 Å². The molecule has 5 rings (SSSR count). The molecule has 3 aromatic rings. The predicted molar refractivity (Wildman–Crippen MR) is 155 cm³/mol. The maximum Gasteiger partial charge on any atom is 0.251 e. The van der Waals surface area contributed by atoms with Crippen molar-refractivity contribution in [2.75, 3.05) is 36.7 Å². The summed E-state index contributed by atoms with van der Waals surface area (Å²) in [5.74, 6) is -0.350. The minimum absolute atomic E-state index is 0.0209. The first-order chi connectivity index (χ1) is 18.7. The van der Waals surface area contributed by atoms with Gasteiger partial charge in [0.15, 0.2) is 0 Å². The molecule has 1 saturated carbocycles. The fraction of sp³-hybridized carbons (Fsp3) is 0.345. The first kappa shape index (κ1) is 27.9. The Kier molecular flexibility index (Phi) is 8.21. The van der Waals surface area contributed by atoms with Gasteiger partial charge in [0.1, 0.15) is 0 Å². The zero-order valence-corrected chi connectivity index (χ0v) is 23.6. The fourth-order valence-electron chi connectivity index (χ4n) is 5.02. The van der Waals surface area contributed by atoms with Gasteiger partial charge in [-0.2, -0.15) is 0 Å². The highest BCUT2D eigenvalue weighted by Crippen LogP contribution is 2.44. The molecule has 0 spiro atoms. The molecule has 0 bridgehead atoms. The maximum atomic E-state index is 13.0. The first-order valence-electron chi connectivity index (χ1n) is 12.9. The van der Waals surface area contributed by atoms with Crippen molar-refractivity contribution in [1.82, 2.24) is 10.2 Å². The number of nitrogens with zero attached hydrogens (tertiary/aromatic N) is 1. The molecule has 2 aliphatic rings. The Bertz CT molecular complexity index is 1380. The van der Waals surface area contributed by atoms with Crippen LogP contribution in [-0.4, -0.2) is 56.3 Å². The number of hydrogen-bond acceptors (Lipinski definition) is 5. The van der Waals surface area contributed by atoms with E-state index in [2.05, 4.69) is 14.9 Å². The maximum absolute atomic E-state index is 13.0. The van der Waals surface area contributed by atoms with Crippen molar-refractivity contribution in [3.63, 3.8) is 0 Å². The van der Waals surface area contributed by atoms with E-state index in [9.17, 15) is 18.3 Å². The van der Waals surface area contributed by atoms with Crippen molar-refractivity contribution in [2.24, 2.45) is 11.3 Å². The van der Waals surface area contributed by atoms with Gasteiger partial charge in [-0.25, -0.2) is 8.42 Å². The van der Waals surface area contributed by atoms with Gasteiger partial charge in [0.2, 0.25) is 10.0 Å². The summed E-state index contributed by atoms with van der Waals surface area (Å²) in [6.07, 6.45) is 1.78. The number of sulfonamides is 1. The number of nitrogens with one attached hydrogen (secondary N) is 2. The Hall–Kier alpha value is -2.62.